The number of primary sulfonamides is 1. The van der Waals surface area contributed by atoms with Gasteiger partial charge in [-0.15, -0.1) is 0 Å². The van der Waals surface area contributed by atoms with E-state index in [0.29, 0.717) is 12.2 Å². The van der Waals surface area contributed by atoms with Gasteiger partial charge in [0.2, 0.25) is 10.0 Å². The van der Waals surface area contributed by atoms with Crippen LogP contribution in [0.2, 0.25) is 0 Å². The van der Waals surface area contributed by atoms with Gasteiger partial charge in [0.25, 0.3) is 0 Å². The van der Waals surface area contributed by atoms with Crippen LogP contribution >= 0.6 is 0 Å². The van der Waals surface area contributed by atoms with Crippen molar-refractivity contribution in [3.05, 3.63) is 17.7 Å². The van der Waals surface area contributed by atoms with Gasteiger partial charge in [-0.2, -0.15) is 0 Å². The molecule has 17 heavy (non-hydrogen) atoms. The minimum Gasteiger partial charge on any atom is -0.495 e. The number of benzene rings is 1. The molecule has 2 N–H and O–H groups in total. The Hall–Kier alpha value is -1.27. The SMILES string of the molecule is COc1ccc2c(c1S(N)(=O)=O)OC(C)(C)C2. The van der Waals surface area contributed by atoms with Crippen LogP contribution in [0.3, 0.4) is 0 Å². The average Bonchev–Trinajstić information content (AvgIpc) is 2.47. The molecule has 0 fully saturated rings. The quantitative estimate of drug-likeness (QED) is 0.859. The molecule has 0 aliphatic carbocycles. The molecule has 0 bridgehead atoms. The molecule has 0 unspecified atom stereocenters. The summed E-state index contributed by atoms with van der Waals surface area (Å²) in [5, 5.41) is 5.21. The number of sulfonamides is 1. The van der Waals surface area contributed by atoms with Gasteiger partial charge in [-0.05, 0) is 25.5 Å². The predicted molar refractivity (Wildman–Crippen MR) is 62.8 cm³/mol. The largest absolute Gasteiger partial charge is 0.495 e. The third-order valence-electron chi connectivity index (χ3n) is 2.66. The van der Waals surface area contributed by atoms with Crippen molar-refractivity contribution < 1.29 is 17.9 Å². The summed E-state index contributed by atoms with van der Waals surface area (Å²) in [6.07, 6.45) is 0.648. The molecular formula is C11H15NO4S. The standard InChI is InChI=1S/C11H15NO4S/c1-11(2)6-7-4-5-8(15-3)10(9(7)16-11)17(12,13)14/h4-5H,6H2,1-3H3,(H2,12,13,14). The summed E-state index contributed by atoms with van der Waals surface area (Å²) in [6, 6.07) is 3.40. The molecular weight excluding hydrogens is 242 g/mol. The highest BCUT2D eigenvalue weighted by atomic mass is 32.2. The molecule has 1 aliphatic heterocycles. The number of rotatable bonds is 2. The van der Waals surface area contributed by atoms with Gasteiger partial charge in [0.05, 0.1) is 7.11 Å². The fourth-order valence-corrected chi connectivity index (χ4v) is 2.90. The zero-order valence-electron chi connectivity index (χ0n) is 9.98. The van der Waals surface area contributed by atoms with Gasteiger partial charge in [0.15, 0.2) is 4.90 Å². The number of fused-ring (bicyclic) bond motifs is 1. The Balaban J connectivity index is 2.70. The second-order valence-corrected chi connectivity index (χ2v) is 6.17. The van der Waals surface area contributed by atoms with Gasteiger partial charge in [0, 0.05) is 6.42 Å². The van der Waals surface area contributed by atoms with E-state index in [2.05, 4.69) is 0 Å². The normalized spacial score (nSPS) is 17.4. The third-order valence-corrected chi connectivity index (χ3v) is 3.61. The highest BCUT2D eigenvalue weighted by Crippen LogP contribution is 2.43. The van der Waals surface area contributed by atoms with Crippen molar-refractivity contribution in [2.24, 2.45) is 5.14 Å². The van der Waals surface area contributed by atoms with E-state index in [1.54, 1.807) is 12.1 Å². The van der Waals surface area contributed by atoms with E-state index in [0.717, 1.165) is 5.56 Å². The van der Waals surface area contributed by atoms with Crippen LogP contribution < -0.4 is 14.6 Å². The van der Waals surface area contributed by atoms with Crippen LogP contribution in [0.5, 0.6) is 11.5 Å². The highest BCUT2D eigenvalue weighted by Gasteiger charge is 2.36. The van der Waals surface area contributed by atoms with Crippen LogP contribution in [0, 0.1) is 0 Å². The number of hydrogen-bond donors (Lipinski definition) is 1. The Bertz CT molecular complexity index is 563. The summed E-state index contributed by atoms with van der Waals surface area (Å²) in [5.74, 6) is 0.529. The molecule has 6 heteroatoms. The van der Waals surface area contributed by atoms with Gasteiger partial charge in [0.1, 0.15) is 17.1 Å². The van der Waals surface area contributed by atoms with Crippen molar-refractivity contribution in [3.63, 3.8) is 0 Å². The van der Waals surface area contributed by atoms with Gasteiger partial charge in [-0.3, -0.25) is 0 Å². The van der Waals surface area contributed by atoms with Gasteiger partial charge >= 0.3 is 0 Å². The molecule has 5 nitrogen and oxygen atoms in total. The van der Waals surface area contributed by atoms with Crippen molar-refractivity contribution in [3.8, 4) is 11.5 Å². The minimum absolute atomic E-state index is 0.0666. The van der Waals surface area contributed by atoms with E-state index >= 15 is 0 Å². The van der Waals surface area contributed by atoms with Gasteiger partial charge < -0.3 is 9.47 Å². The molecule has 0 aromatic heterocycles. The first-order valence-corrected chi connectivity index (χ1v) is 6.71. The molecule has 1 aliphatic rings. The first-order valence-electron chi connectivity index (χ1n) is 5.16. The first-order chi connectivity index (χ1) is 7.74. The van der Waals surface area contributed by atoms with E-state index in [-0.39, 0.29) is 10.6 Å². The molecule has 0 saturated carbocycles. The fourth-order valence-electron chi connectivity index (χ4n) is 2.04. The molecule has 2 rings (SSSR count). The summed E-state index contributed by atoms with van der Waals surface area (Å²) < 4.78 is 33.9. The molecule has 0 radical (unpaired) electrons. The van der Waals surface area contributed by atoms with Crippen LogP contribution in [0.1, 0.15) is 19.4 Å². The Morgan fingerprint density at radius 2 is 2.06 bits per heavy atom. The van der Waals surface area contributed by atoms with Gasteiger partial charge in [-0.1, -0.05) is 6.07 Å². The summed E-state index contributed by atoms with van der Waals surface area (Å²) in [4.78, 5) is -0.0666. The lowest BCUT2D eigenvalue weighted by Crippen LogP contribution is -2.25. The zero-order valence-corrected chi connectivity index (χ0v) is 10.8. The summed E-state index contributed by atoms with van der Waals surface area (Å²) in [6.45, 7) is 3.79. The molecule has 94 valence electrons. The van der Waals surface area contributed by atoms with E-state index in [4.69, 9.17) is 14.6 Å². The maximum absolute atomic E-state index is 11.6. The van der Waals surface area contributed by atoms with E-state index in [1.807, 2.05) is 13.8 Å². The number of methoxy groups -OCH3 is 1. The lowest BCUT2D eigenvalue weighted by molar-refractivity contribution is 0.134. The summed E-state index contributed by atoms with van der Waals surface area (Å²) in [5.41, 5.74) is 0.411. The molecule has 0 amide bonds. The Morgan fingerprint density at radius 1 is 1.41 bits per heavy atom. The third kappa shape index (κ3) is 2.10. The summed E-state index contributed by atoms with van der Waals surface area (Å²) in [7, 11) is -2.47. The number of nitrogens with two attached hydrogens (primary N) is 1. The molecule has 1 aromatic rings. The molecule has 1 heterocycles. The van der Waals surface area contributed by atoms with Crippen LogP contribution in [-0.4, -0.2) is 21.1 Å². The lowest BCUT2D eigenvalue weighted by atomic mass is 10.0. The van der Waals surface area contributed by atoms with E-state index < -0.39 is 15.6 Å². The number of ether oxygens (including phenoxy) is 2. The van der Waals surface area contributed by atoms with Crippen molar-refractivity contribution in [2.45, 2.75) is 30.8 Å². The van der Waals surface area contributed by atoms with Crippen LogP contribution in [0.25, 0.3) is 0 Å². The highest BCUT2D eigenvalue weighted by molar-refractivity contribution is 7.89. The zero-order chi connectivity index (χ0) is 12.8. The Morgan fingerprint density at radius 3 is 2.59 bits per heavy atom. The number of hydrogen-bond acceptors (Lipinski definition) is 4. The van der Waals surface area contributed by atoms with Gasteiger partial charge in [-0.25, -0.2) is 13.6 Å². The Labute approximate surface area is 101 Å². The average molecular weight is 257 g/mol. The van der Waals surface area contributed by atoms with Crippen LogP contribution in [-0.2, 0) is 16.4 Å². The maximum atomic E-state index is 11.6. The molecule has 1 aromatic carbocycles. The maximum Gasteiger partial charge on any atom is 0.245 e. The summed E-state index contributed by atoms with van der Waals surface area (Å²) >= 11 is 0. The topological polar surface area (TPSA) is 78.6 Å². The first kappa shape index (κ1) is 12.2. The second kappa shape index (κ2) is 3.61. The monoisotopic (exact) mass is 257 g/mol. The van der Waals surface area contributed by atoms with Crippen molar-refractivity contribution in [1.82, 2.24) is 0 Å². The van der Waals surface area contributed by atoms with E-state index in [9.17, 15) is 8.42 Å². The molecule has 0 spiro atoms. The second-order valence-electron chi connectivity index (χ2n) is 4.67. The van der Waals surface area contributed by atoms with Crippen LogP contribution in [0.4, 0.5) is 0 Å². The predicted octanol–water partition coefficient (Wildman–Crippen LogP) is 1.06. The minimum atomic E-state index is -3.87. The van der Waals surface area contributed by atoms with Crippen molar-refractivity contribution in [1.29, 1.82) is 0 Å². The van der Waals surface area contributed by atoms with Crippen molar-refractivity contribution >= 4 is 10.0 Å². The molecule has 0 atom stereocenters. The van der Waals surface area contributed by atoms with E-state index in [1.165, 1.54) is 7.11 Å². The smallest absolute Gasteiger partial charge is 0.245 e. The fraction of sp³-hybridized carbons (Fsp3) is 0.455. The Kier molecular flexibility index (Phi) is 2.59. The van der Waals surface area contributed by atoms with Crippen molar-refractivity contribution in [2.75, 3.05) is 7.11 Å². The molecule has 0 saturated heterocycles. The van der Waals surface area contributed by atoms with Crippen LogP contribution in [0.15, 0.2) is 17.0 Å². The lowest BCUT2D eigenvalue weighted by Gasteiger charge is -2.18.